The molecule has 0 aromatic rings. The maximum Gasteiger partial charge on any atom is 0.0848 e. The quantitative estimate of drug-likeness (QED) is 0.696. The van der Waals surface area contributed by atoms with Crippen LogP contribution in [-0.2, 0) is 38.3 Å². The van der Waals surface area contributed by atoms with Gasteiger partial charge in [0, 0.05) is 51.0 Å². The normalized spacial score (nSPS) is 55.5. The van der Waals surface area contributed by atoms with Crippen molar-refractivity contribution in [2.75, 3.05) is 13.2 Å². The smallest absolute Gasteiger partial charge is 0.0848 e. The maximum absolute atomic E-state index is 10.2. The minimum absolute atomic E-state index is 0. The van der Waals surface area contributed by atoms with Crippen molar-refractivity contribution in [1.29, 1.82) is 0 Å². The third-order valence-corrected chi connectivity index (χ3v) is 5.66. The molecule has 2 aliphatic carbocycles. The molecule has 5 heteroatoms. The standard InChI is InChI=1S/C12H19O3.CH3.2Co/c1-6-7-9(14)10-8(6)12(3,5-15-10)11(7,2)4-13;;;/h6-10,13-14H,1,4-5H2,2-3H3;1H3;;/q2*-1;;. The molecule has 3 fully saturated rings. The number of aliphatic hydroxyl groups is 2. The Kier molecular flexibility index (Phi) is 5.62. The summed E-state index contributed by atoms with van der Waals surface area (Å²) in [7, 11) is 0. The summed E-state index contributed by atoms with van der Waals surface area (Å²) in [6.45, 7) is 9.21. The average molecular weight is 344 g/mol. The fourth-order valence-electron chi connectivity index (χ4n) is 4.60. The summed E-state index contributed by atoms with van der Waals surface area (Å²) in [5.74, 6) is 0.620. The Morgan fingerprint density at radius 2 is 1.83 bits per heavy atom. The van der Waals surface area contributed by atoms with Crippen LogP contribution in [0.5, 0.6) is 0 Å². The van der Waals surface area contributed by atoms with Crippen molar-refractivity contribution in [3.63, 3.8) is 0 Å². The first-order valence-electron chi connectivity index (χ1n) is 5.71. The molecule has 0 aromatic carbocycles. The van der Waals surface area contributed by atoms with Crippen molar-refractivity contribution in [3.8, 4) is 0 Å². The van der Waals surface area contributed by atoms with E-state index in [0.717, 1.165) is 0 Å². The van der Waals surface area contributed by atoms with E-state index in [1.165, 1.54) is 0 Å². The van der Waals surface area contributed by atoms with Crippen molar-refractivity contribution in [2.45, 2.75) is 26.1 Å². The molecule has 0 amide bonds. The molecule has 18 heavy (non-hydrogen) atoms. The van der Waals surface area contributed by atoms with Gasteiger partial charge in [-0.3, -0.25) is 0 Å². The zero-order chi connectivity index (χ0) is 11.0. The van der Waals surface area contributed by atoms with Crippen LogP contribution in [0.1, 0.15) is 13.8 Å². The Hall–Kier alpha value is 0.893. The second kappa shape index (κ2) is 5.35. The zero-order valence-electron chi connectivity index (χ0n) is 11.0. The molecular weight excluding hydrogens is 322 g/mol. The molecule has 2 saturated carbocycles. The molecule has 2 radical (unpaired) electrons. The van der Waals surface area contributed by atoms with Crippen LogP contribution >= 0.6 is 0 Å². The number of fused-ring (bicyclic) bond motifs is 1. The third kappa shape index (κ3) is 1.65. The molecule has 0 spiro atoms. The molecule has 7 unspecified atom stereocenters. The first kappa shape index (κ1) is 18.9. The van der Waals surface area contributed by atoms with Gasteiger partial charge in [-0.15, -0.1) is 0 Å². The van der Waals surface area contributed by atoms with Crippen molar-refractivity contribution >= 4 is 0 Å². The summed E-state index contributed by atoms with van der Waals surface area (Å²) in [6, 6.07) is 0. The largest absolute Gasteiger partial charge is 0.396 e. The predicted octanol–water partition coefficient (Wildman–Crippen LogP) is 0.906. The van der Waals surface area contributed by atoms with Gasteiger partial charge >= 0.3 is 0 Å². The van der Waals surface area contributed by atoms with Crippen LogP contribution in [0.25, 0.3) is 0 Å². The van der Waals surface area contributed by atoms with Crippen LogP contribution in [0.4, 0.5) is 0 Å². The molecule has 3 rings (SSSR count). The summed E-state index contributed by atoms with van der Waals surface area (Å²) < 4.78 is 5.71. The maximum atomic E-state index is 10.2. The van der Waals surface area contributed by atoms with Crippen LogP contribution in [-0.4, -0.2) is 35.6 Å². The minimum Gasteiger partial charge on any atom is -0.396 e. The van der Waals surface area contributed by atoms with Crippen molar-refractivity contribution < 1.29 is 48.5 Å². The number of ether oxygens (including phenoxy) is 1. The molecule has 1 saturated heterocycles. The van der Waals surface area contributed by atoms with Gasteiger partial charge in [0.15, 0.2) is 0 Å². The average Bonchev–Trinajstić information content (AvgIpc) is 2.70. The Labute approximate surface area is 130 Å². The first-order valence-corrected chi connectivity index (χ1v) is 5.71. The van der Waals surface area contributed by atoms with Crippen molar-refractivity contribution in [3.05, 3.63) is 14.4 Å². The van der Waals surface area contributed by atoms with Gasteiger partial charge in [-0.1, -0.05) is 13.8 Å². The predicted molar refractivity (Wildman–Crippen MR) is 61.3 cm³/mol. The Balaban J connectivity index is 0.000000963. The van der Waals surface area contributed by atoms with E-state index in [-0.39, 0.29) is 76.4 Å². The van der Waals surface area contributed by atoms with Gasteiger partial charge in [0.25, 0.3) is 0 Å². The monoisotopic (exact) mass is 344 g/mol. The number of rotatable bonds is 1. The molecule has 2 N–H and O–H groups in total. The SMILES string of the molecule is [CH2-]C1C2C(O)C3OCC(C)(C13)C2(C)CO.[CH3-].[Co].[Co]. The van der Waals surface area contributed by atoms with Crippen LogP contribution in [0.2, 0.25) is 0 Å². The topological polar surface area (TPSA) is 49.7 Å². The summed E-state index contributed by atoms with van der Waals surface area (Å²) in [5.41, 5.74) is -0.251. The van der Waals surface area contributed by atoms with E-state index in [0.29, 0.717) is 12.5 Å². The molecule has 1 heterocycles. The number of hydrogen-bond acceptors (Lipinski definition) is 3. The van der Waals surface area contributed by atoms with Crippen molar-refractivity contribution in [1.82, 2.24) is 0 Å². The second-order valence-corrected chi connectivity index (χ2v) is 5.97. The zero-order valence-corrected chi connectivity index (χ0v) is 13.1. The van der Waals surface area contributed by atoms with Crippen LogP contribution < -0.4 is 0 Å². The van der Waals surface area contributed by atoms with E-state index in [2.05, 4.69) is 20.8 Å². The molecule has 1 aliphatic heterocycles. The van der Waals surface area contributed by atoms with E-state index in [4.69, 9.17) is 4.74 Å². The summed E-state index contributed by atoms with van der Waals surface area (Å²) in [5, 5.41) is 19.9. The van der Waals surface area contributed by atoms with Crippen LogP contribution in [0.15, 0.2) is 0 Å². The van der Waals surface area contributed by atoms with E-state index in [1.54, 1.807) is 0 Å². The Morgan fingerprint density at radius 1 is 1.28 bits per heavy atom. The van der Waals surface area contributed by atoms with Crippen LogP contribution in [0.3, 0.4) is 0 Å². The Bertz CT molecular complexity index is 315. The molecule has 3 aliphatic rings. The van der Waals surface area contributed by atoms with Crippen molar-refractivity contribution in [2.24, 2.45) is 28.6 Å². The molecule has 112 valence electrons. The van der Waals surface area contributed by atoms with Gasteiger partial charge < -0.3 is 29.3 Å². The molecule has 2 bridgehead atoms. The molecule has 7 atom stereocenters. The van der Waals surface area contributed by atoms with Gasteiger partial charge in [0.05, 0.1) is 18.8 Å². The van der Waals surface area contributed by atoms with Gasteiger partial charge in [0.2, 0.25) is 0 Å². The van der Waals surface area contributed by atoms with E-state index < -0.39 is 6.10 Å². The number of hydrogen-bond donors (Lipinski definition) is 2. The molecule has 0 aromatic heterocycles. The summed E-state index contributed by atoms with van der Waals surface area (Å²) >= 11 is 0. The van der Waals surface area contributed by atoms with Gasteiger partial charge in [-0.2, -0.15) is 5.92 Å². The minimum atomic E-state index is -0.440. The Morgan fingerprint density at radius 3 is 2.33 bits per heavy atom. The molecule has 3 nitrogen and oxygen atoms in total. The van der Waals surface area contributed by atoms with E-state index >= 15 is 0 Å². The molecular formula is C13H22Co2O3-2. The number of aliphatic hydroxyl groups excluding tert-OH is 2. The first-order chi connectivity index (χ1) is 6.97. The summed E-state index contributed by atoms with van der Waals surface area (Å²) in [6.07, 6.45) is -0.479. The fourth-order valence-corrected chi connectivity index (χ4v) is 4.60. The van der Waals surface area contributed by atoms with Gasteiger partial charge in [0.1, 0.15) is 0 Å². The summed E-state index contributed by atoms with van der Waals surface area (Å²) in [4.78, 5) is 0. The van der Waals surface area contributed by atoms with E-state index in [9.17, 15) is 10.2 Å². The second-order valence-electron chi connectivity index (χ2n) is 5.97. The fraction of sp³-hybridized carbons (Fsp3) is 0.846. The third-order valence-electron chi connectivity index (χ3n) is 5.66. The van der Waals surface area contributed by atoms with Crippen LogP contribution in [0, 0.1) is 42.9 Å². The van der Waals surface area contributed by atoms with E-state index in [1.807, 2.05) is 0 Å². The van der Waals surface area contributed by atoms with Gasteiger partial charge in [-0.05, 0) is 11.8 Å². The van der Waals surface area contributed by atoms with Gasteiger partial charge in [-0.25, -0.2) is 0 Å².